The number of amides is 1. The first-order chi connectivity index (χ1) is 9.36. The van der Waals surface area contributed by atoms with Crippen molar-refractivity contribution in [3.8, 4) is 0 Å². The molecular formula is C15H24BrN3O. The topological polar surface area (TPSA) is 58.4 Å². The third-order valence-corrected chi connectivity index (χ3v) is 3.62. The van der Waals surface area contributed by atoms with Gasteiger partial charge in [-0.05, 0) is 36.7 Å². The summed E-state index contributed by atoms with van der Waals surface area (Å²) in [5, 5.41) is 2.91. The lowest BCUT2D eigenvalue weighted by atomic mass is 9.93. The van der Waals surface area contributed by atoms with Gasteiger partial charge in [0, 0.05) is 16.7 Å². The predicted molar refractivity (Wildman–Crippen MR) is 87.7 cm³/mol. The van der Waals surface area contributed by atoms with Crippen LogP contribution in [-0.2, 0) is 4.79 Å². The Labute approximate surface area is 129 Å². The van der Waals surface area contributed by atoms with Crippen LogP contribution in [0.25, 0.3) is 0 Å². The van der Waals surface area contributed by atoms with Crippen molar-refractivity contribution in [2.45, 2.75) is 20.8 Å². The summed E-state index contributed by atoms with van der Waals surface area (Å²) < 4.78 is 0.951. The van der Waals surface area contributed by atoms with E-state index in [1.54, 1.807) is 0 Å². The molecule has 0 fully saturated rings. The zero-order valence-corrected chi connectivity index (χ0v) is 14.0. The number of nitrogens with one attached hydrogen (secondary N) is 1. The van der Waals surface area contributed by atoms with Crippen LogP contribution in [0.1, 0.15) is 20.8 Å². The summed E-state index contributed by atoms with van der Waals surface area (Å²) in [5.74, 6) is -0.00206. The number of benzene rings is 1. The molecule has 0 aliphatic heterocycles. The van der Waals surface area contributed by atoms with E-state index in [9.17, 15) is 4.79 Å². The average Bonchev–Trinajstić information content (AvgIpc) is 2.37. The number of hydrogen-bond acceptors (Lipinski definition) is 3. The number of carbonyl (C=O) groups is 1. The lowest BCUT2D eigenvalue weighted by Gasteiger charge is -2.30. The van der Waals surface area contributed by atoms with E-state index >= 15 is 0 Å². The minimum atomic E-state index is -0.00206. The van der Waals surface area contributed by atoms with Crippen LogP contribution in [-0.4, -0.2) is 37.0 Å². The van der Waals surface area contributed by atoms with Crippen LogP contribution in [0.2, 0.25) is 0 Å². The van der Waals surface area contributed by atoms with Crippen molar-refractivity contribution < 1.29 is 4.79 Å². The zero-order chi connectivity index (χ0) is 15.2. The van der Waals surface area contributed by atoms with Crippen LogP contribution in [0.5, 0.6) is 0 Å². The minimum absolute atomic E-state index is 0.00206. The highest BCUT2D eigenvalue weighted by atomic mass is 79.9. The maximum Gasteiger partial charge on any atom is 0.238 e. The molecule has 0 unspecified atom stereocenters. The fourth-order valence-electron chi connectivity index (χ4n) is 1.92. The Morgan fingerprint density at radius 3 is 2.70 bits per heavy atom. The van der Waals surface area contributed by atoms with E-state index in [1.165, 1.54) is 0 Å². The fraction of sp³-hybridized carbons (Fsp3) is 0.533. The molecule has 20 heavy (non-hydrogen) atoms. The Hall–Kier alpha value is -0.910. The highest BCUT2D eigenvalue weighted by Crippen LogP contribution is 2.17. The fourth-order valence-corrected chi connectivity index (χ4v) is 2.32. The van der Waals surface area contributed by atoms with Gasteiger partial charge in [-0.25, -0.2) is 0 Å². The van der Waals surface area contributed by atoms with Crippen molar-refractivity contribution in [3.63, 3.8) is 0 Å². The van der Waals surface area contributed by atoms with Gasteiger partial charge in [-0.1, -0.05) is 42.8 Å². The zero-order valence-electron chi connectivity index (χ0n) is 12.4. The summed E-state index contributed by atoms with van der Waals surface area (Å²) in [6.45, 7) is 8.91. The summed E-state index contributed by atoms with van der Waals surface area (Å²) >= 11 is 3.39. The van der Waals surface area contributed by atoms with Crippen molar-refractivity contribution >= 4 is 27.5 Å². The molecule has 0 radical (unpaired) electrons. The van der Waals surface area contributed by atoms with Crippen LogP contribution in [0.4, 0.5) is 5.69 Å². The van der Waals surface area contributed by atoms with E-state index in [2.05, 4.69) is 46.9 Å². The molecule has 3 N–H and O–H groups in total. The average molecular weight is 342 g/mol. The number of likely N-dealkylation sites (N-methyl/N-ethyl adjacent to an activating group) is 1. The Balaban J connectivity index is 2.55. The molecule has 4 nitrogen and oxygen atoms in total. The van der Waals surface area contributed by atoms with E-state index in [-0.39, 0.29) is 11.3 Å². The summed E-state index contributed by atoms with van der Waals surface area (Å²) in [4.78, 5) is 14.2. The maximum atomic E-state index is 12.1. The van der Waals surface area contributed by atoms with Crippen LogP contribution in [0.15, 0.2) is 28.7 Å². The Bertz CT molecular complexity index is 448. The largest absolute Gasteiger partial charge is 0.330 e. The number of rotatable bonds is 7. The number of hydrogen-bond donors (Lipinski definition) is 2. The van der Waals surface area contributed by atoms with Crippen LogP contribution in [0.3, 0.4) is 0 Å². The monoisotopic (exact) mass is 341 g/mol. The van der Waals surface area contributed by atoms with Crippen molar-refractivity contribution in [2.24, 2.45) is 11.1 Å². The van der Waals surface area contributed by atoms with Gasteiger partial charge in [0.05, 0.1) is 6.54 Å². The molecule has 0 saturated carbocycles. The Morgan fingerprint density at radius 1 is 1.45 bits per heavy atom. The molecule has 0 aromatic heterocycles. The van der Waals surface area contributed by atoms with Gasteiger partial charge >= 0.3 is 0 Å². The first-order valence-electron chi connectivity index (χ1n) is 6.84. The van der Waals surface area contributed by atoms with E-state index in [0.29, 0.717) is 13.1 Å². The first kappa shape index (κ1) is 17.1. The minimum Gasteiger partial charge on any atom is -0.330 e. The van der Waals surface area contributed by atoms with Gasteiger partial charge in [0.25, 0.3) is 0 Å². The van der Waals surface area contributed by atoms with Crippen LogP contribution in [0, 0.1) is 5.41 Å². The van der Waals surface area contributed by atoms with Crippen molar-refractivity contribution in [1.29, 1.82) is 0 Å². The molecular weight excluding hydrogens is 318 g/mol. The molecule has 1 aromatic carbocycles. The molecule has 0 aliphatic rings. The Kier molecular flexibility index (Phi) is 6.65. The molecule has 1 amide bonds. The number of nitrogens with zero attached hydrogens (tertiary/aromatic N) is 1. The van der Waals surface area contributed by atoms with Crippen molar-refractivity contribution in [3.05, 3.63) is 28.7 Å². The first-order valence-corrected chi connectivity index (χ1v) is 7.63. The van der Waals surface area contributed by atoms with Gasteiger partial charge in [-0.3, -0.25) is 9.69 Å². The highest BCUT2D eigenvalue weighted by Gasteiger charge is 2.20. The second-order valence-electron chi connectivity index (χ2n) is 5.73. The lowest BCUT2D eigenvalue weighted by Crippen LogP contribution is -2.42. The van der Waals surface area contributed by atoms with Crippen LogP contribution < -0.4 is 11.1 Å². The van der Waals surface area contributed by atoms with E-state index in [1.807, 2.05) is 24.3 Å². The molecule has 0 spiro atoms. The van der Waals surface area contributed by atoms with Gasteiger partial charge < -0.3 is 11.1 Å². The standard InChI is InChI=1S/C15H24BrN3O/c1-4-19(11-15(2,3)10-17)9-14(20)18-13-7-5-6-12(16)8-13/h5-8H,4,9-11,17H2,1-3H3,(H,18,20). The molecule has 0 saturated heterocycles. The summed E-state index contributed by atoms with van der Waals surface area (Å²) in [6, 6.07) is 7.59. The Morgan fingerprint density at radius 2 is 2.15 bits per heavy atom. The van der Waals surface area contributed by atoms with Gasteiger partial charge in [0.15, 0.2) is 0 Å². The maximum absolute atomic E-state index is 12.1. The quantitative estimate of drug-likeness (QED) is 0.801. The van der Waals surface area contributed by atoms with Crippen LogP contribution >= 0.6 is 15.9 Å². The number of nitrogens with two attached hydrogens (primary N) is 1. The van der Waals surface area contributed by atoms with E-state index in [4.69, 9.17) is 5.73 Å². The van der Waals surface area contributed by atoms with E-state index < -0.39 is 0 Å². The van der Waals surface area contributed by atoms with Crippen molar-refractivity contribution in [2.75, 3.05) is 31.5 Å². The normalized spacial score (nSPS) is 11.7. The molecule has 1 aromatic rings. The molecule has 0 aliphatic carbocycles. The third-order valence-electron chi connectivity index (χ3n) is 3.13. The molecule has 0 atom stereocenters. The number of halogens is 1. The number of anilines is 1. The molecule has 112 valence electrons. The second kappa shape index (κ2) is 7.76. The molecule has 1 rings (SSSR count). The highest BCUT2D eigenvalue weighted by molar-refractivity contribution is 9.10. The summed E-state index contributed by atoms with van der Waals surface area (Å²) in [5.41, 5.74) is 6.57. The van der Waals surface area contributed by atoms with E-state index in [0.717, 1.165) is 23.2 Å². The van der Waals surface area contributed by atoms with Gasteiger partial charge in [0.2, 0.25) is 5.91 Å². The van der Waals surface area contributed by atoms with Crippen molar-refractivity contribution in [1.82, 2.24) is 4.90 Å². The lowest BCUT2D eigenvalue weighted by molar-refractivity contribution is -0.117. The molecule has 0 bridgehead atoms. The van der Waals surface area contributed by atoms with Gasteiger partial charge in [0.1, 0.15) is 0 Å². The number of carbonyl (C=O) groups excluding carboxylic acids is 1. The molecule has 0 heterocycles. The summed E-state index contributed by atoms with van der Waals surface area (Å²) in [6.07, 6.45) is 0. The smallest absolute Gasteiger partial charge is 0.238 e. The second-order valence-corrected chi connectivity index (χ2v) is 6.65. The summed E-state index contributed by atoms with van der Waals surface area (Å²) in [7, 11) is 0. The van der Waals surface area contributed by atoms with Gasteiger partial charge in [-0.2, -0.15) is 0 Å². The van der Waals surface area contributed by atoms with Gasteiger partial charge in [-0.15, -0.1) is 0 Å². The molecule has 5 heteroatoms. The predicted octanol–water partition coefficient (Wildman–Crippen LogP) is 2.69. The SMILES string of the molecule is CCN(CC(=O)Nc1cccc(Br)c1)CC(C)(C)CN. The third kappa shape index (κ3) is 6.03.